The standard InChI is InChI=1S/C22H26N4O3/c1-3-29-17-6-4-16(5-7-17)22(27)26-12-10-25(11-13-26)15-21-23-19-9-8-18(28-2)14-20(19)24-21/h4-9,14H,3,10-13,15H2,1-2H3,(H,23,24). The molecule has 0 unspecified atom stereocenters. The summed E-state index contributed by atoms with van der Waals surface area (Å²) in [6, 6.07) is 13.2. The number of imidazole rings is 1. The van der Waals surface area contributed by atoms with Crippen LogP contribution in [0.2, 0.25) is 0 Å². The molecule has 1 aromatic heterocycles. The van der Waals surface area contributed by atoms with Gasteiger partial charge in [-0.3, -0.25) is 9.69 Å². The number of fused-ring (bicyclic) bond motifs is 1. The summed E-state index contributed by atoms with van der Waals surface area (Å²) in [5.41, 5.74) is 2.61. The van der Waals surface area contributed by atoms with E-state index in [4.69, 9.17) is 9.47 Å². The van der Waals surface area contributed by atoms with E-state index in [0.717, 1.165) is 48.0 Å². The maximum absolute atomic E-state index is 12.7. The topological polar surface area (TPSA) is 70.7 Å². The van der Waals surface area contributed by atoms with Crippen molar-refractivity contribution in [3.8, 4) is 11.5 Å². The number of piperazine rings is 1. The van der Waals surface area contributed by atoms with E-state index in [-0.39, 0.29) is 5.91 Å². The number of hydrogen-bond acceptors (Lipinski definition) is 5. The van der Waals surface area contributed by atoms with E-state index in [1.54, 1.807) is 7.11 Å². The summed E-state index contributed by atoms with van der Waals surface area (Å²) in [5, 5.41) is 0. The highest BCUT2D eigenvalue weighted by molar-refractivity contribution is 5.94. The molecular formula is C22H26N4O3. The number of aromatic amines is 1. The van der Waals surface area contributed by atoms with Crippen LogP contribution >= 0.6 is 0 Å². The van der Waals surface area contributed by atoms with E-state index in [1.807, 2.05) is 54.3 Å². The van der Waals surface area contributed by atoms with Crippen LogP contribution in [0.3, 0.4) is 0 Å². The van der Waals surface area contributed by atoms with Crippen LogP contribution in [0, 0.1) is 0 Å². The normalized spacial score (nSPS) is 14.9. The molecule has 1 amide bonds. The number of H-pyrrole nitrogens is 1. The molecule has 0 bridgehead atoms. The molecule has 0 spiro atoms. The minimum absolute atomic E-state index is 0.0727. The monoisotopic (exact) mass is 394 g/mol. The van der Waals surface area contributed by atoms with Crippen molar-refractivity contribution in [2.24, 2.45) is 0 Å². The van der Waals surface area contributed by atoms with E-state index in [9.17, 15) is 4.79 Å². The third-order valence-electron chi connectivity index (χ3n) is 5.18. The second-order valence-electron chi connectivity index (χ2n) is 7.09. The number of amides is 1. The van der Waals surface area contributed by atoms with Gasteiger partial charge in [-0.05, 0) is 43.3 Å². The zero-order chi connectivity index (χ0) is 20.2. The Labute approximate surface area is 170 Å². The molecule has 2 heterocycles. The lowest BCUT2D eigenvalue weighted by atomic mass is 10.1. The number of rotatable bonds is 6. The molecule has 0 atom stereocenters. The van der Waals surface area contributed by atoms with Crippen molar-refractivity contribution in [3.63, 3.8) is 0 Å². The molecule has 4 rings (SSSR count). The number of aromatic nitrogens is 2. The average molecular weight is 394 g/mol. The molecule has 29 heavy (non-hydrogen) atoms. The zero-order valence-corrected chi connectivity index (χ0v) is 16.9. The van der Waals surface area contributed by atoms with Gasteiger partial charge >= 0.3 is 0 Å². The van der Waals surface area contributed by atoms with Crippen LogP contribution in [0.25, 0.3) is 11.0 Å². The first-order chi connectivity index (χ1) is 14.2. The largest absolute Gasteiger partial charge is 0.497 e. The van der Waals surface area contributed by atoms with E-state index >= 15 is 0 Å². The van der Waals surface area contributed by atoms with Crippen LogP contribution in [-0.2, 0) is 6.54 Å². The van der Waals surface area contributed by atoms with Gasteiger partial charge in [0.2, 0.25) is 0 Å². The van der Waals surface area contributed by atoms with Crippen molar-refractivity contribution in [1.82, 2.24) is 19.8 Å². The van der Waals surface area contributed by atoms with Crippen LogP contribution in [0.15, 0.2) is 42.5 Å². The molecule has 1 N–H and O–H groups in total. The van der Waals surface area contributed by atoms with E-state index < -0.39 is 0 Å². The van der Waals surface area contributed by atoms with Crippen molar-refractivity contribution in [3.05, 3.63) is 53.9 Å². The van der Waals surface area contributed by atoms with E-state index in [0.29, 0.717) is 25.3 Å². The van der Waals surface area contributed by atoms with Crippen LogP contribution in [0.5, 0.6) is 11.5 Å². The minimum Gasteiger partial charge on any atom is -0.497 e. The lowest BCUT2D eigenvalue weighted by molar-refractivity contribution is 0.0626. The summed E-state index contributed by atoms with van der Waals surface area (Å²) in [4.78, 5) is 25.0. The summed E-state index contributed by atoms with van der Waals surface area (Å²) >= 11 is 0. The van der Waals surface area contributed by atoms with Gasteiger partial charge in [-0.2, -0.15) is 0 Å². The Hall–Kier alpha value is -3.06. The number of carbonyl (C=O) groups excluding carboxylic acids is 1. The van der Waals surface area contributed by atoms with E-state index in [1.165, 1.54) is 0 Å². The van der Waals surface area contributed by atoms with Gasteiger partial charge in [0, 0.05) is 37.8 Å². The van der Waals surface area contributed by atoms with Gasteiger partial charge in [-0.25, -0.2) is 4.98 Å². The maximum atomic E-state index is 12.7. The predicted molar refractivity (Wildman–Crippen MR) is 111 cm³/mol. The number of methoxy groups -OCH3 is 1. The van der Waals surface area contributed by atoms with Crippen LogP contribution in [-0.4, -0.2) is 65.6 Å². The zero-order valence-electron chi connectivity index (χ0n) is 16.9. The average Bonchev–Trinajstić information content (AvgIpc) is 3.16. The molecule has 1 fully saturated rings. The van der Waals surface area contributed by atoms with Crippen molar-refractivity contribution in [1.29, 1.82) is 0 Å². The lowest BCUT2D eigenvalue weighted by Gasteiger charge is -2.34. The number of benzene rings is 2. The highest BCUT2D eigenvalue weighted by Gasteiger charge is 2.23. The summed E-state index contributed by atoms with van der Waals surface area (Å²) in [5.74, 6) is 2.61. The highest BCUT2D eigenvalue weighted by Crippen LogP contribution is 2.20. The van der Waals surface area contributed by atoms with E-state index in [2.05, 4.69) is 14.9 Å². The second-order valence-corrected chi connectivity index (χ2v) is 7.09. The molecule has 3 aromatic rings. The SMILES string of the molecule is CCOc1ccc(C(=O)N2CCN(Cc3nc4ccc(OC)cc4[nH]3)CC2)cc1. The summed E-state index contributed by atoms with van der Waals surface area (Å²) in [6.07, 6.45) is 0. The number of carbonyl (C=O) groups is 1. The molecule has 0 aliphatic carbocycles. The molecule has 7 heteroatoms. The molecule has 2 aromatic carbocycles. The van der Waals surface area contributed by atoms with Gasteiger partial charge in [-0.1, -0.05) is 0 Å². The molecule has 7 nitrogen and oxygen atoms in total. The van der Waals surface area contributed by atoms with Crippen molar-refractivity contribution < 1.29 is 14.3 Å². The van der Waals surface area contributed by atoms with Crippen LogP contribution in [0.4, 0.5) is 0 Å². The number of hydrogen-bond donors (Lipinski definition) is 1. The van der Waals surface area contributed by atoms with Gasteiger partial charge in [-0.15, -0.1) is 0 Å². The smallest absolute Gasteiger partial charge is 0.253 e. The molecular weight excluding hydrogens is 368 g/mol. The first-order valence-electron chi connectivity index (χ1n) is 9.93. The van der Waals surface area contributed by atoms with Gasteiger partial charge in [0.25, 0.3) is 5.91 Å². The van der Waals surface area contributed by atoms with Crippen LogP contribution < -0.4 is 9.47 Å². The van der Waals surface area contributed by atoms with Gasteiger partial charge in [0.05, 0.1) is 31.3 Å². The van der Waals surface area contributed by atoms with Gasteiger partial charge in [0.1, 0.15) is 17.3 Å². The first-order valence-corrected chi connectivity index (χ1v) is 9.93. The molecule has 1 saturated heterocycles. The summed E-state index contributed by atoms with van der Waals surface area (Å²) in [7, 11) is 1.66. The Morgan fingerprint density at radius 1 is 1.07 bits per heavy atom. The molecule has 1 aliphatic heterocycles. The Balaban J connectivity index is 1.33. The molecule has 0 saturated carbocycles. The third-order valence-corrected chi connectivity index (χ3v) is 5.18. The molecule has 152 valence electrons. The van der Waals surface area contributed by atoms with Crippen LogP contribution in [0.1, 0.15) is 23.1 Å². The quantitative estimate of drug-likeness (QED) is 0.696. The second kappa shape index (κ2) is 8.53. The Kier molecular flexibility index (Phi) is 5.67. The number of ether oxygens (including phenoxy) is 2. The Morgan fingerprint density at radius 2 is 1.79 bits per heavy atom. The summed E-state index contributed by atoms with van der Waals surface area (Å²) < 4.78 is 10.7. The predicted octanol–water partition coefficient (Wildman–Crippen LogP) is 2.93. The maximum Gasteiger partial charge on any atom is 0.253 e. The van der Waals surface area contributed by atoms with Crippen molar-refractivity contribution in [2.75, 3.05) is 39.9 Å². The fourth-order valence-electron chi connectivity index (χ4n) is 3.61. The van der Waals surface area contributed by atoms with Gasteiger partial charge < -0.3 is 19.4 Å². The molecule has 1 aliphatic rings. The molecule has 0 radical (unpaired) electrons. The Morgan fingerprint density at radius 3 is 2.48 bits per heavy atom. The summed E-state index contributed by atoms with van der Waals surface area (Å²) in [6.45, 7) is 6.36. The first kappa shape index (κ1) is 19.3. The number of nitrogens with one attached hydrogen (secondary N) is 1. The van der Waals surface area contributed by atoms with Crippen molar-refractivity contribution >= 4 is 16.9 Å². The third kappa shape index (κ3) is 4.35. The lowest BCUT2D eigenvalue weighted by Crippen LogP contribution is -2.48. The minimum atomic E-state index is 0.0727. The fourth-order valence-corrected chi connectivity index (χ4v) is 3.61. The fraction of sp³-hybridized carbons (Fsp3) is 0.364. The highest BCUT2D eigenvalue weighted by atomic mass is 16.5. The Bertz CT molecular complexity index is 975. The van der Waals surface area contributed by atoms with Crippen molar-refractivity contribution in [2.45, 2.75) is 13.5 Å². The van der Waals surface area contributed by atoms with Gasteiger partial charge in [0.15, 0.2) is 0 Å². The number of nitrogens with zero attached hydrogens (tertiary/aromatic N) is 3.